The van der Waals surface area contributed by atoms with Crippen LogP contribution in [-0.2, 0) is 22.7 Å². The number of nitrogens with zero attached hydrogens (tertiary/aromatic N) is 3. The molecule has 3 aromatic rings. The molecule has 148 valence electrons. The lowest BCUT2D eigenvalue weighted by Gasteiger charge is -2.17. The zero-order valence-electron chi connectivity index (χ0n) is 15.5. The fraction of sp³-hybridized carbons (Fsp3) is 0.190. The molecule has 0 spiro atoms. The van der Waals surface area contributed by atoms with Crippen molar-refractivity contribution in [1.29, 1.82) is 0 Å². The van der Waals surface area contributed by atoms with Crippen molar-refractivity contribution in [2.24, 2.45) is 0 Å². The van der Waals surface area contributed by atoms with E-state index in [2.05, 4.69) is 22.2 Å². The van der Waals surface area contributed by atoms with E-state index in [0.717, 1.165) is 16.7 Å². The van der Waals surface area contributed by atoms with Crippen LogP contribution >= 0.6 is 0 Å². The molecule has 0 aliphatic rings. The summed E-state index contributed by atoms with van der Waals surface area (Å²) in [6.07, 6.45) is 1.08. The Hall–Kier alpha value is -3.51. The lowest BCUT2D eigenvalue weighted by molar-refractivity contribution is -0.136. The van der Waals surface area contributed by atoms with Crippen LogP contribution in [0.1, 0.15) is 28.5 Å². The molecule has 0 unspecified atom stereocenters. The van der Waals surface area contributed by atoms with Crippen LogP contribution in [0, 0.1) is 11.8 Å². The van der Waals surface area contributed by atoms with Crippen molar-refractivity contribution in [2.75, 3.05) is 6.61 Å². The van der Waals surface area contributed by atoms with Gasteiger partial charge in [-0.2, -0.15) is 0 Å². The number of rotatable bonds is 7. The number of hydrogen-bond acceptors (Lipinski definition) is 6. The topological polar surface area (TPSA) is 110 Å². The van der Waals surface area contributed by atoms with Gasteiger partial charge in [-0.3, -0.25) is 10.0 Å². The molecule has 1 atom stereocenters. The van der Waals surface area contributed by atoms with E-state index in [4.69, 9.17) is 15.1 Å². The summed E-state index contributed by atoms with van der Waals surface area (Å²) in [5.41, 5.74) is 4.55. The Morgan fingerprint density at radius 1 is 1.10 bits per heavy atom. The van der Waals surface area contributed by atoms with Gasteiger partial charge >= 0.3 is 0 Å². The van der Waals surface area contributed by atoms with Crippen LogP contribution in [0.4, 0.5) is 0 Å². The highest BCUT2D eigenvalue weighted by atomic mass is 16.5. The quantitative estimate of drug-likeness (QED) is 0.319. The number of aliphatic hydroxyl groups excluding tert-OH is 1. The predicted octanol–water partition coefficient (Wildman–Crippen LogP) is 1.43. The lowest BCUT2D eigenvalue weighted by Crippen LogP contribution is -2.26. The van der Waals surface area contributed by atoms with Crippen molar-refractivity contribution in [3.63, 3.8) is 0 Å². The molecule has 0 radical (unpaired) electrons. The molecule has 0 fully saturated rings. The second-order valence-corrected chi connectivity index (χ2v) is 6.16. The smallest absolute Gasteiger partial charge is 0.269 e. The van der Waals surface area contributed by atoms with E-state index in [1.54, 1.807) is 11.7 Å². The first-order valence-corrected chi connectivity index (χ1v) is 8.89. The Kier molecular flexibility index (Phi) is 7.08. The second kappa shape index (κ2) is 10.1. The van der Waals surface area contributed by atoms with Crippen LogP contribution in [0.3, 0.4) is 0 Å². The molecule has 3 rings (SSSR count). The molecule has 0 saturated carbocycles. The standard InChI is InChI=1S/C21H20N4O4/c26-14-19-12-25(24-22-19)13-20(29-15-21(27)23-28)18-10-8-17(9-11-18)7-6-16-4-2-1-3-5-16/h1-5,8-12,20,26,28H,13-15H2,(H,23,27)/t20-/m1/s1. The van der Waals surface area contributed by atoms with E-state index in [0.29, 0.717) is 5.69 Å². The van der Waals surface area contributed by atoms with Crippen LogP contribution in [0.15, 0.2) is 60.8 Å². The molecule has 1 heterocycles. The van der Waals surface area contributed by atoms with Gasteiger partial charge in [0.25, 0.3) is 5.91 Å². The predicted molar refractivity (Wildman–Crippen MR) is 103 cm³/mol. The summed E-state index contributed by atoms with van der Waals surface area (Å²) in [6, 6.07) is 17.2. The summed E-state index contributed by atoms with van der Waals surface area (Å²) in [5, 5.41) is 25.6. The first-order chi connectivity index (χ1) is 14.2. The number of ether oxygens (including phenoxy) is 1. The van der Waals surface area contributed by atoms with Crippen LogP contribution < -0.4 is 5.48 Å². The van der Waals surface area contributed by atoms with E-state index in [-0.39, 0.29) is 19.8 Å². The van der Waals surface area contributed by atoms with Crippen molar-refractivity contribution >= 4 is 5.91 Å². The van der Waals surface area contributed by atoms with Crippen LogP contribution in [0.2, 0.25) is 0 Å². The van der Waals surface area contributed by atoms with Crippen molar-refractivity contribution in [1.82, 2.24) is 20.5 Å². The highest BCUT2D eigenvalue weighted by Crippen LogP contribution is 2.20. The number of hydroxylamine groups is 1. The van der Waals surface area contributed by atoms with Gasteiger partial charge in [0.05, 0.1) is 19.3 Å². The minimum atomic E-state index is -0.657. The Bertz CT molecular complexity index is 991. The molecule has 8 nitrogen and oxygen atoms in total. The summed E-state index contributed by atoms with van der Waals surface area (Å²) in [5.74, 6) is 5.54. The zero-order chi connectivity index (χ0) is 20.5. The fourth-order valence-corrected chi connectivity index (χ4v) is 2.58. The van der Waals surface area contributed by atoms with Gasteiger partial charge in [-0.05, 0) is 29.8 Å². The Morgan fingerprint density at radius 3 is 2.41 bits per heavy atom. The Balaban J connectivity index is 1.75. The average molecular weight is 392 g/mol. The maximum atomic E-state index is 11.4. The van der Waals surface area contributed by atoms with Crippen LogP contribution in [-0.4, -0.2) is 37.8 Å². The summed E-state index contributed by atoms with van der Waals surface area (Å²) < 4.78 is 7.16. The summed E-state index contributed by atoms with van der Waals surface area (Å²) >= 11 is 0. The van der Waals surface area contributed by atoms with Crippen molar-refractivity contribution in [3.05, 3.63) is 83.2 Å². The molecule has 29 heavy (non-hydrogen) atoms. The lowest BCUT2D eigenvalue weighted by atomic mass is 10.1. The number of carbonyl (C=O) groups is 1. The number of nitrogens with one attached hydrogen (secondary N) is 1. The van der Waals surface area contributed by atoms with Gasteiger partial charge < -0.3 is 9.84 Å². The van der Waals surface area contributed by atoms with Gasteiger partial charge in [0.2, 0.25) is 0 Å². The second-order valence-electron chi connectivity index (χ2n) is 6.16. The fourth-order valence-electron chi connectivity index (χ4n) is 2.58. The maximum absolute atomic E-state index is 11.4. The monoisotopic (exact) mass is 392 g/mol. The zero-order valence-corrected chi connectivity index (χ0v) is 15.5. The molecule has 0 bridgehead atoms. The molecule has 1 aromatic heterocycles. The number of hydrogen-bond donors (Lipinski definition) is 3. The Morgan fingerprint density at radius 2 is 1.79 bits per heavy atom. The largest absolute Gasteiger partial charge is 0.390 e. The van der Waals surface area contributed by atoms with Crippen molar-refractivity contribution < 1.29 is 19.8 Å². The number of amides is 1. The number of aromatic nitrogens is 3. The molecule has 0 aliphatic heterocycles. The third-order valence-electron chi connectivity index (χ3n) is 4.05. The van der Waals surface area contributed by atoms with Gasteiger partial charge in [-0.25, -0.2) is 10.2 Å². The molecule has 0 aliphatic carbocycles. The van der Waals surface area contributed by atoms with E-state index in [1.165, 1.54) is 4.68 Å². The highest BCUT2D eigenvalue weighted by Gasteiger charge is 2.16. The van der Waals surface area contributed by atoms with E-state index in [1.807, 2.05) is 54.6 Å². The first kappa shape index (κ1) is 20.2. The van der Waals surface area contributed by atoms with Crippen LogP contribution in [0.25, 0.3) is 0 Å². The van der Waals surface area contributed by atoms with Crippen LogP contribution in [0.5, 0.6) is 0 Å². The number of benzene rings is 2. The molecular weight excluding hydrogens is 372 g/mol. The third-order valence-corrected chi connectivity index (χ3v) is 4.05. The maximum Gasteiger partial charge on any atom is 0.269 e. The normalized spacial score (nSPS) is 11.4. The minimum absolute atomic E-state index is 0.215. The first-order valence-electron chi connectivity index (χ1n) is 8.89. The summed E-state index contributed by atoms with van der Waals surface area (Å²) in [4.78, 5) is 11.4. The van der Waals surface area contributed by atoms with Crippen molar-refractivity contribution in [3.8, 4) is 11.8 Å². The van der Waals surface area contributed by atoms with E-state index >= 15 is 0 Å². The third kappa shape index (κ3) is 5.99. The van der Waals surface area contributed by atoms with E-state index < -0.39 is 12.0 Å². The van der Waals surface area contributed by atoms with E-state index in [9.17, 15) is 4.79 Å². The molecule has 1 amide bonds. The molecule has 0 saturated heterocycles. The van der Waals surface area contributed by atoms with Gasteiger partial charge in [0.1, 0.15) is 18.4 Å². The van der Waals surface area contributed by atoms with Gasteiger partial charge in [-0.1, -0.05) is 47.4 Å². The van der Waals surface area contributed by atoms with Crippen molar-refractivity contribution in [2.45, 2.75) is 19.3 Å². The Labute approximate surface area is 167 Å². The minimum Gasteiger partial charge on any atom is -0.390 e. The molecule has 8 heteroatoms. The number of aliphatic hydroxyl groups is 1. The van der Waals surface area contributed by atoms with Gasteiger partial charge in [0.15, 0.2) is 0 Å². The highest BCUT2D eigenvalue weighted by molar-refractivity contribution is 5.75. The van der Waals surface area contributed by atoms with Gasteiger partial charge in [0, 0.05) is 11.1 Å². The average Bonchev–Trinajstić information content (AvgIpc) is 3.23. The number of carbonyl (C=O) groups excluding carboxylic acids is 1. The molecular formula is C21H20N4O4. The molecule has 2 aromatic carbocycles. The van der Waals surface area contributed by atoms with Gasteiger partial charge in [-0.15, -0.1) is 5.10 Å². The summed E-state index contributed by atoms with van der Waals surface area (Å²) in [6.45, 7) is -0.258. The summed E-state index contributed by atoms with van der Waals surface area (Å²) in [7, 11) is 0. The SMILES string of the molecule is O=C(CO[C@H](Cn1cc(CO)nn1)c1ccc(C#Cc2ccccc2)cc1)NO. The molecule has 3 N–H and O–H groups in total.